The third-order valence-corrected chi connectivity index (χ3v) is 7.94. The Morgan fingerprint density at radius 2 is 2.03 bits per heavy atom. The number of aromatic nitrogens is 1. The van der Waals surface area contributed by atoms with Gasteiger partial charge in [0.15, 0.2) is 9.84 Å². The van der Waals surface area contributed by atoms with E-state index in [9.17, 15) is 26.4 Å². The lowest BCUT2D eigenvalue weighted by Crippen LogP contribution is -2.64. The molecule has 1 aliphatic heterocycles. The second-order valence-electron chi connectivity index (χ2n) is 9.14. The van der Waals surface area contributed by atoms with Gasteiger partial charge in [-0.3, -0.25) is 9.79 Å². The molecule has 3 rings (SSSR count). The van der Waals surface area contributed by atoms with Crippen LogP contribution in [0.1, 0.15) is 45.6 Å². The molecular formula is C21H26ClF3N4O4S. The van der Waals surface area contributed by atoms with Gasteiger partial charge in [-0.15, -0.1) is 13.2 Å². The zero-order chi connectivity index (χ0) is 25.5. The van der Waals surface area contributed by atoms with E-state index in [0.29, 0.717) is 24.1 Å². The first kappa shape index (κ1) is 26.3. The molecule has 1 aromatic rings. The molecule has 1 atom stereocenters. The number of sulfone groups is 1. The number of hydrogen-bond acceptors (Lipinski definition) is 7. The average Bonchev–Trinajstić information content (AvgIpc) is 2.65. The Labute approximate surface area is 200 Å². The number of nitrogens with two attached hydrogens (primary N) is 1. The van der Waals surface area contributed by atoms with Gasteiger partial charge in [0.05, 0.1) is 23.2 Å². The molecule has 0 aromatic carbocycles. The predicted octanol–water partition coefficient (Wildman–Crippen LogP) is 3.26. The number of pyridine rings is 1. The number of carbonyl (C=O) groups is 1. The summed E-state index contributed by atoms with van der Waals surface area (Å²) in [5, 5.41) is 2.74. The van der Waals surface area contributed by atoms with Gasteiger partial charge in [0, 0.05) is 35.4 Å². The maximum Gasteiger partial charge on any atom is 0.573 e. The van der Waals surface area contributed by atoms with Crippen LogP contribution >= 0.6 is 11.6 Å². The summed E-state index contributed by atoms with van der Waals surface area (Å²) >= 11 is 6.12. The van der Waals surface area contributed by atoms with E-state index < -0.39 is 33.4 Å². The molecule has 0 unspecified atom stereocenters. The lowest BCUT2D eigenvalue weighted by Gasteiger charge is -2.40. The molecule has 0 radical (unpaired) electrons. The standard InChI is InChI=1S/C21H26ClF3N4O4S/c1-11(2)28-16-6-12(19(30)29-20(3)9-34(31,32)10-20)4-5-14(16)17(26)15-7-13(8-27-18(15)22)33-21(23,24)25/h7-8,11-12H,4-6,9-10,26H2,1-3H3,(H,29,30)/t12-/m1/s1. The Balaban J connectivity index is 1.87. The fourth-order valence-electron chi connectivity index (χ4n) is 4.25. The van der Waals surface area contributed by atoms with Crippen LogP contribution in [-0.2, 0) is 14.6 Å². The predicted molar refractivity (Wildman–Crippen MR) is 122 cm³/mol. The van der Waals surface area contributed by atoms with Gasteiger partial charge in [-0.2, -0.15) is 0 Å². The topological polar surface area (TPSA) is 124 Å². The van der Waals surface area contributed by atoms with Crippen molar-refractivity contribution in [3.05, 3.63) is 28.6 Å². The Kier molecular flexibility index (Phi) is 7.24. The first-order chi connectivity index (χ1) is 15.6. The molecule has 1 amide bonds. The third kappa shape index (κ3) is 6.41. The van der Waals surface area contributed by atoms with Gasteiger partial charge in [0.25, 0.3) is 0 Å². The molecule has 13 heteroatoms. The highest BCUT2D eigenvalue weighted by Gasteiger charge is 2.46. The molecule has 2 fully saturated rings. The highest BCUT2D eigenvalue weighted by molar-refractivity contribution is 7.93. The molecule has 1 saturated carbocycles. The van der Waals surface area contributed by atoms with E-state index in [1.165, 1.54) is 0 Å². The summed E-state index contributed by atoms with van der Waals surface area (Å²) < 4.78 is 64.9. The Hall–Kier alpha value is -2.34. The van der Waals surface area contributed by atoms with E-state index in [1.807, 2.05) is 13.8 Å². The maximum absolute atomic E-state index is 12.9. The maximum atomic E-state index is 12.9. The molecule has 2 aliphatic rings. The van der Waals surface area contributed by atoms with Crippen LogP contribution in [0.5, 0.6) is 5.75 Å². The number of aliphatic imine (C=N–C) groups is 1. The summed E-state index contributed by atoms with van der Waals surface area (Å²) in [5.41, 5.74) is 6.83. The summed E-state index contributed by atoms with van der Waals surface area (Å²) in [5.74, 6) is -1.50. The molecule has 34 heavy (non-hydrogen) atoms. The van der Waals surface area contributed by atoms with Crippen LogP contribution in [0.4, 0.5) is 13.2 Å². The van der Waals surface area contributed by atoms with Crippen molar-refractivity contribution in [1.82, 2.24) is 10.3 Å². The number of nitrogens with one attached hydrogen (secondary N) is 1. The average molecular weight is 523 g/mol. The lowest BCUT2D eigenvalue weighted by atomic mass is 9.81. The van der Waals surface area contributed by atoms with Gasteiger partial charge >= 0.3 is 6.36 Å². The first-order valence-electron chi connectivity index (χ1n) is 10.6. The van der Waals surface area contributed by atoms with Gasteiger partial charge in [-0.05, 0) is 45.3 Å². The van der Waals surface area contributed by atoms with Crippen molar-refractivity contribution in [3.8, 4) is 5.75 Å². The molecule has 1 aliphatic carbocycles. The smallest absolute Gasteiger partial charge is 0.404 e. The summed E-state index contributed by atoms with van der Waals surface area (Å²) in [6.45, 7) is 5.38. The molecular weight excluding hydrogens is 497 g/mol. The number of alkyl halides is 3. The third-order valence-electron chi connectivity index (χ3n) is 5.48. The molecule has 2 heterocycles. The largest absolute Gasteiger partial charge is 0.573 e. The molecule has 0 bridgehead atoms. The first-order valence-corrected chi connectivity index (χ1v) is 12.8. The second kappa shape index (κ2) is 9.37. The zero-order valence-electron chi connectivity index (χ0n) is 18.9. The molecule has 1 saturated heterocycles. The van der Waals surface area contributed by atoms with Crippen molar-refractivity contribution in [2.45, 2.75) is 58.0 Å². The highest BCUT2D eigenvalue weighted by Crippen LogP contribution is 2.35. The van der Waals surface area contributed by atoms with Crippen LogP contribution in [0.25, 0.3) is 5.70 Å². The second-order valence-corrected chi connectivity index (χ2v) is 11.6. The fourth-order valence-corrected chi connectivity index (χ4v) is 6.45. The number of hydrogen-bond donors (Lipinski definition) is 2. The summed E-state index contributed by atoms with van der Waals surface area (Å²) in [7, 11) is -3.12. The van der Waals surface area contributed by atoms with Crippen molar-refractivity contribution >= 4 is 38.8 Å². The van der Waals surface area contributed by atoms with Gasteiger partial charge in [-0.1, -0.05) is 11.6 Å². The van der Waals surface area contributed by atoms with E-state index in [0.717, 1.165) is 12.3 Å². The van der Waals surface area contributed by atoms with Crippen LogP contribution in [-0.4, -0.2) is 54.5 Å². The van der Waals surface area contributed by atoms with Gasteiger partial charge in [0.2, 0.25) is 5.91 Å². The SMILES string of the molecule is CC(C)N=C1C[C@H](C(=O)NC2(C)CS(=O)(=O)C2)CCC1=C(N)c1cc(OC(F)(F)F)cnc1Cl. The number of ether oxygens (including phenoxy) is 1. The number of rotatable bonds is 5. The van der Waals surface area contributed by atoms with Crippen molar-refractivity contribution in [1.29, 1.82) is 0 Å². The minimum Gasteiger partial charge on any atom is -0.404 e. The Morgan fingerprint density at radius 3 is 2.59 bits per heavy atom. The normalized spacial score (nSPS) is 24.5. The number of amides is 1. The zero-order valence-corrected chi connectivity index (χ0v) is 20.4. The van der Waals surface area contributed by atoms with E-state index >= 15 is 0 Å². The molecule has 188 valence electrons. The highest BCUT2D eigenvalue weighted by atomic mass is 35.5. The van der Waals surface area contributed by atoms with E-state index in [-0.39, 0.29) is 46.3 Å². The van der Waals surface area contributed by atoms with E-state index in [1.54, 1.807) is 6.92 Å². The van der Waals surface area contributed by atoms with Crippen LogP contribution < -0.4 is 15.8 Å². The Morgan fingerprint density at radius 1 is 1.38 bits per heavy atom. The van der Waals surface area contributed by atoms with E-state index in [4.69, 9.17) is 17.3 Å². The number of allylic oxidation sites excluding steroid dienone is 1. The quantitative estimate of drug-likeness (QED) is 0.572. The van der Waals surface area contributed by atoms with Gasteiger partial charge in [-0.25, -0.2) is 13.4 Å². The van der Waals surface area contributed by atoms with Crippen LogP contribution in [0.2, 0.25) is 5.15 Å². The van der Waals surface area contributed by atoms with Crippen molar-refractivity contribution in [3.63, 3.8) is 0 Å². The van der Waals surface area contributed by atoms with Crippen LogP contribution in [0, 0.1) is 5.92 Å². The number of halogens is 4. The summed E-state index contributed by atoms with van der Waals surface area (Å²) in [6, 6.07) is 0.928. The monoisotopic (exact) mass is 522 g/mol. The van der Waals surface area contributed by atoms with Crippen LogP contribution in [0.15, 0.2) is 22.8 Å². The van der Waals surface area contributed by atoms with Crippen LogP contribution in [0.3, 0.4) is 0 Å². The van der Waals surface area contributed by atoms with Crippen molar-refractivity contribution < 1.29 is 31.1 Å². The van der Waals surface area contributed by atoms with Gasteiger partial charge in [0.1, 0.15) is 10.9 Å². The number of carbonyl (C=O) groups excluding carboxylic acids is 1. The summed E-state index contributed by atoms with van der Waals surface area (Å²) in [4.78, 5) is 21.2. The Bertz CT molecular complexity index is 1140. The van der Waals surface area contributed by atoms with E-state index in [2.05, 4.69) is 20.0 Å². The van der Waals surface area contributed by atoms with Crippen molar-refractivity contribution in [2.24, 2.45) is 16.6 Å². The molecule has 8 nitrogen and oxygen atoms in total. The fraction of sp³-hybridized carbons (Fsp3) is 0.571. The molecule has 3 N–H and O–H groups in total. The van der Waals surface area contributed by atoms with Gasteiger partial charge < -0.3 is 15.8 Å². The number of nitrogens with zero attached hydrogens (tertiary/aromatic N) is 2. The van der Waals surface area contributed by atoms with Crippen molar-refractivity contribution in [2.75, 3.05) is 11.5 Å². The molecule has 0 spiro atoms. The summed E-state index contributed by atoms with van der Waals surface area (Å²) in [6.07, 6.45) is -3.09. The minimum absolute atomic E-state index is 0.0740. The lowest BCUT2D eigenvalue weighted by molar-refractivity contribution is -0.274. The molecule has 1 aromatic heterocycles. The minimum atomic E-state index is -4.90.